The number of nitrogens with one attached hydrogen (secondary N) is 2. The van der Waals surface area contributed by atoms with Gasteiger partial charge in [0.2, 0.25) is 5.91 Å². The highest BCUT2D eigenvalue weighted by molar-refractivity contribution is 14.1. The molecule has 24 heavy (non-hydrogen) atoms. The van der Waals surface area contributed by atoms with Crippen LogP contribution >= 0.6 is 57.4 Å². The van der Waals surface area contributed by atoms with Crippen molar-refractivity contribution in [1.82, 2.24) is 5.32 Å². The summed E-state index contributed by atoms with van der Waals surface area (Å²) in [5, 5.41) is 14.5. The maximum atomic E-state index is 11.8. The summed E-state index contributed by atoms with van der Waals surface area (Å²) in [6.45, 7) is 0. The average molecular weight is 568 g/mol. The zero-order valence-electron chi connectivity index (χ0n) is 11.9. The number of rotatable bonds is 4. The molecule has 0 spiro atoms. The Bertz CT molecular complexity index is 819. The number of anilines is 1. The molecule has 2 rings (SSSR count). The number of benzene rings is 1. The van der Waals surface area contributed by atoms with E-state index in [-0.39, 0.29) is 10.7 Å². The second-order valence-corrected chi connectivity index (χ2v) is 7.22. The minimum Gasteiger partial charge on any atom is -0.478 e. The molecule has 1 amide bonds. The molecule has 2 aromatic rings. The SMILES string of the molecule is O=C(/C=C/c1ccco1)NC(=S)Nc1c(I)cc(I)cc1C(=O)O. The maximum absolute atomic E-state index is 11.8. The van der Waals surface area contributed by atoms with E-state index in [0.717, 1.165) is 3.57 Å². The third kappa shape index (κ3) is 5.27. The van der Waals surface area contributed by atoms with Gasteiger partial charge in [0.15, 0.2) is 5.11 Å². The van der Waals surface area contributed by atoms with Gasteiger partial charge in [0.1, 0.15) is 5.76 Å². The van der Waals surface area contributed by atoms with Crippen molar-refractivity contribution in [3.05, 3.63) is 55.1 Å². The molecule has 3 N–H and O–H groups in total. The predicted molar refractivity (Wildman–Crippen MR) is 111 cm³/mol. The summed E-state index contributed by atoms with van der Waals surface area (Å²) in [5.74, 6) is -1.01. The van der Waals surface area contributed by atoms with Gasteiger partial charge in [0.05, 0.1) is 17.5 Å². The lowest BCUT2D eigenvalue weighted by molar-refractivity contribution is -0.115. The van der Waals surface area contributed by atoms with E-state index in [9.17, 15) is 14.7 Å². The number of carbonyl (C=O) groups excluding carboxylic acids is 1. The van der Waals surface area contributed by atoms with Crippen molar-refractivity contribution >= 4 is 86.2 Å². The molecule has 0 saturated heterocycles. The first-order valence-corrected chi connectivity index (χ1v) is 8.99. The van der Waals surface area contributed by atoms with Crippen LogP contribution in [0.4, 0.5) is 5.69 Å². The smallest absolute Gasteiger partial charge is 0.337 e. The van der Waals surface area contributed by atoms with Gasteiger partial charge in [0.25, 0.3) is 0 Å². The molecule has 0 atom stereocenters. The van der Waals surface area contributed by atoms with E-state index in [1.54, 1.807) is 18.2 Å². The number of carbonyl (C=O) groups is 2. The quantitative estimate of drug-likeness (QED) is 0.296. The Morgan fingerprint density at radius 3 is 2.67 bits per heavy atom. The molecule has 6 nitrogen and oxygen atoms in total. The molecule has 124 valence electrons. The highest BCUT2D eigenvalue weighted by atomic mass is 127. The highest BCUT2D eigenvalue weighted by Gasteiger charge is 2.16. The fourth-order valence-corrected chi connectivity index (χ4v) is 3.89. The van der Waals surface area contributed by atoms with Crippen LogP contribution in [0.3, 0.4) is 0 Å². The lowest BCUT2D eigenvalue weighted by Gasteiger charge is -2.13. The Morgan fingerprint density at radius 1 is 1.29 bits per heavy atom. The molecule has 0 aliphatic heterocycles. The van der Waals surface area contributed by atoms with Gasteiger partial charge in [0, 0.05) is 13.2 Å². The van der Waals surface area contributed by atoms with Crippen molar-refractivity contribution in [3.63, 3.8) is 0 Å². The van der Waals surface area contributed by atoms with Gasteiger partial charge in [-0.1, -0.05) is 0 Å². The molecule has 9 heteroatoms. The Labute approximate surface area is 170 Å². The third-order valence-electron chi connectivity index (χ3n) is 2.70. The van der Waals surface area contributed by atoms with E-state index in [4.69, 9.17) is 16.6 Å². The molecule has 0 saturated carbocycles. The highest BCUT2D eigenvalue weighted by Crippen LogP contribution is 2.26. The zero-order chi connectivity index (χ0) is 17.7. The van der Waals surface area contributed by atoms with Crippen LogP contribution in [0.2, 0.25) is 0 Å². The van der Waals surface area contributed by atoms with Crippen molar-refractivity contribution in [2.45, 2.75) is 0 Å². The molecule has 0 radical (unpaired) electrons. The van der Waals surface area contributed by atoms with Crippen molar-refractivity contribution in [2.75, 3.05) is 5.32 Å². The molecule has 0 fully saturated rings. The Kier molecular flexibility index (Phi) is 6.74. The predicted octanol–water partition coefficient (Wildman–Crippen LogP) is 3.71. The van der Waals surface area contributed by atoms with Gasteiger partial charge in [-0.3, -0.25) is 10.1 Å². The molecule has 1 aromatic carbocycles. The van der Waals surface area contributed by atoms with Gasteiger partial charge < -0.3 is 14.8 Å². The summed E-state index contributed by atoms with van der Waals surface area (Å²) in [6.07, 6.45) is 4.26. The van der Waals surface area contributed by atoms with Crippen molar-refractivity contribution < 1.29 is 19.1 Å². The zero-order valence-corrected chi connectivity index (χ0v) is 17.0. The number of hydrogen-bond donors (Lipinski definition) is 3. The molecular formula is C15H10I2N2O4S. The third-order valence-corrected chi connectivity index (χ3v) is 4.38. The van der Waals surface area contributed by atoms with E-state index in [1.807, 2.05) is 45.2 Å². The molecular weight excluding hydrogens is 558 g/mol. The second-order valence-electron chi connectivity index (χ2n) is 4.41. The fraction of sp³-hybridized carbons (Fsp3) is 0. The van der Waals surface area contributed by atoms with Crippen molar-refractivity contribution in [1.29, 1.82) is 0 Å². The van der Waals surface area contributed by atoms with E-state index < -0.39 is 11.9 Å². The maximum Gasteiger partial charge on any atom is 0.337 e. The standard InChI is InChI=1S/C15H10I2N2O4S/c16-8-6-10(14(21)22)13(11(17)7-8)19-15(24)18-12(20)4-3-9-2-1-5-23-9/h1-7H,(H,21,22)(H2,18,19,20,24)/b4-3+. The lowest BCUT2D eigenvalue weighted by atomic mass is 10.2. The number of hydrogen-bond acceptors (Lipinski definition) is 4. The molecule has 0 bridgehead atoms. The largest absolute Gasteiger partial charge is 0.478 e. The molecule has 0 aliphatic carbocycles. The van der Waals surface area contributed by atoms with Gasteiger partial charge >= 0.3 is 5.97 Å². The number of carboxylic acid groups (broad SMARTS) is 1. The van der Waals surface area contributed by atoms with E-state index in [0.29, 0.717) is 15.0 Å². The van der Waals surface area contributed by atoms with Gasteiger partial charge in [-0.05, 0) is 87.7 Å². The van der Waals surface area contributed by atoms with Crippen LogP contribution in [0, 0.1) is 7.14 Å². The number of furan rings is 1. The van der Waals surface area contributed by atoms with Crippen LogP contribution in [-0.4, -0.2) is 22.1 Å². The van der Waals surface area contributed by atoms with Crippen LogP contribution in [0.1, 0.15) is 16.1 Å². The summed E-state index contributed by atoms with van der Waals surface area (Å²) in [5.41, 5.74) is 0.415. The first kappa shape index (κ1) is 18.9. The summed E-state index contributed by atoms with van der Waals surface area (Å²) < 4.78 is 6.54. The number of aromatic carboxylic acids is 1. The van der Waals surface area contributed by atoms with Crippen LogP contribution in [0.5, 0.6) is 0 Å². The number of thiocarbonyl (C=S) groups is 1. The Hall–Kier alpha value is -1.47. The number of halogens is 2. The van der Waals surface area contributed by atoms with Crippen molar-refractivity contribution in [2.24, 2.45) is 0 Å². The van der Waals surface area contributed by atoms with E-state index >= 15 is 0 Å². The molecule has 0 unspecified atom stereocenters. The number of amides is 1. The molecule has 1 heterocycles. The summed E-state index contributed by atoms with van der Waals surface area (Å²) in [7, 11) is 0. The monoisotopic (exact) mass is 568 g/mol. The van der Waals surface area contributed by atoms with Gasteiger partial charge in [-0.15, -0.1) is 0 Å². The molecule has 1 aromatic heterocycles. The first-order valence-electron chi connectivity index (χ1n) is 6.42. The summed E-state index contributed by atoms with van der Waals surface area (Å²) in [6, 6.07) is 6.73. The van der Waals surface area contributed by atoms with Crippen LogP contribution in [0.25, 0.3) is 6.08 Å². The fourth-order valence-electron chi connectivity index (χ4n) is 1.71. The van der Waals surface area contributed by atoms with Gasteiger partial charge in [-0.2, -0.15) is 0 Å². The topological polar surface area (TPSA) is 91.6 Å². The van der Waals surface area contributed by atoms with Crippen molar-refractivity contribution in [3.8, 4) is 0 Å². The molecule has 0 aliphatic rings. The van der Waals surface area contributed by atoms with Crippen LogP contribution in [0.15, 0.2) is 41.0 Å². The Balaban J connectivity index is 2.07. The second kappa shape index (κ2) is 8.58. The summed E-state index contributed by atoms with van der Waals surface area (Å²) in [4.78, 5) is 23.2. The first-order chi connectivity index (χ1) is 11.4. The Morgan fingerprint density at radius 2 is 2.04 bits per heavy atom. The van der Waals surface area contributed by atoms with E-state index in [2.05, 4.69) is 10.6 Å². The van der Waals surface area contributed by atoms with E-state index in [1.165, 1.54) is 24.5 Å². The minimum atomic E-state index is -1.08. The minimum absolute atomic E-state index is 0.00530. The average Bonchev–Trinajstić information content (AvgIpc) is 3.00. The summed E-state index contributed by atoms with van der Waals surface area (Å²) >= 11 is 9.11. The van der Waals surface area contributed by atoms with Crippen LogP contribution < -0.4 is 10.6 Å². The number of carboxylic acids is 1. The van der Waals surface area contributed by atoms with Crippen LogP contribution in [-0.2, 0) is 4.79 Å². The normalized spacial score (nSPS) is 10.6. The lowest BCUT2D eigenvalue weighted by Crippen LogP contribution is -2.33. The van der Waals surface area contributed by atoms with Gasteiger partial charge in [-0.25, -0.2) is 4.79 Å².